The van der Waals surface area contributed by atoms with E-state index < -0.39 is 0 Å². The van der Waals surface area contributed by atoms with E-state index in [1.165, 1.54) is 25.7 Å². The molecule has 1 aliphatic carbocycles. The van der Waals surface area contributed by atoms with Gasteiger partial charge in [-0.15, -0.1) is 0 Å². The molecular weight excluding hydrogens is 150 g/mol. The van der Waals surface area contributed by atoms with Crippen molar-refractivity contribution < 1.29 is 0 Å². The maximum absolute atomic E-state index is 5.37. The molecular formula is C6H11NS2. The minimum Gasteiger partial charge on any atom is -0.385 e. The van der Waals surface area contributed by atoms with Crippen LogP contribution in [-0.4, -0.2) is 9.57 Å². The van der Waals surface area contributed by atoms with Crippen LogP contribution in [0.3, 0.4) is 0 Å². The molecule has 0 unspecified atom stereocenters. The van der Waals surface area contributed by atoms with Crippen molar-refractivity contribution in [2.75, 3.05) is 0 Å². The van der Waals surface area contributed by atoms with Gasteiger partial charge in [0.1, 0.15) is 4.32 Å². The molecule has 0 spiro atoms. The Bertz CT molecular complexity index is 108. The summed E-state index contributed by atoms with van der Waals surface area (Å²) in [6.07, 6.45) is 5.34. The lowest BCUT2D eigenvalue weighted by Gasteiger charge is -2.04. The Hall–Kier alpha value is 0.240. The number of rotatable bonds is 1. The molecule has 1 aliphatic rings. The van der Waals surface area contributed by atoms with E-state index >= 15 is 0 Å². The fourth-order valence-corrected chi connectivity index (χ4v) is 2.48. The third-order valence-electron chi connectivity index (χ3n) is 1.59. The molecule has 0 aromatic heterocycles. The van der Waals surface area contributed by atoms with Crippen LogP contribution in [0, 0.1) is 0 Å². The van der Waals surface area contributed by atoms with Crippen LogP contribution in [0.5, 0.6) is 0 Å². The Kier molecular flexibility index (Phi) is 2.79. The highest BCUT2D eigenvalue weighted by molar-refractivity contribution is 8.23. The van der Waals surface area contributed by atoms with E-state index in [9.17, 15) is 0 Å². The van der Waals surface area contributed by atoms with E-state index in [-0.39, 0.29) is 0 Å². The van der Waals surface area contributed by atoms with Gasteiger partial charge in [0.2, 0.25) is 0 Å². The second-order valence-electron chi connectivity index (χ2n) is 2.34. The fourth-order valence-electron chi connectivity index (χ4n) is 1.17. The number of hydrogen-bond donors (Lipinski definition) is 1. The summed E-state index contributed by atoms with van der Waals surface area (Å²) in [6, 6.07) is 0. The molecule has 0 heterocycles. The summed E-state index contributed by atoms with van der Waals surface area (Å²) in [6.45, 7) is 0. The SMILES string of the molecule is NC(=S)SC1CCCC1. The predicted octanol–water partition coefficient (Wildman–Crippen LogP) is 1.91. The molecule has 0 aromatic rings. The van der Waals surface area contributed by atoms with Crippen molar-refractivity contribution in [3.8, 4) is 0 Å². The Morgan fingerprint density at radius 1 is 1.44 bits per heavy atom. The summed E-state index contributed by atoms with van der Waals surface area (Å²) in [5, 5.41) is 0.738. The summed E-state index contributed by atoms with van der Waals surface area (Å²) in [5.74, 6) is 0. The Balaban J connectivity index is 2.19. The molecule has 0 bridgehead atoms. The Morgan fingerprint density at radius 3 is 2.44 bits per heavy atom. The van der Waals surface area contributed by atoms with E-state index in [1.54, 1.807) is 11.8 Å². The largest absolute Gasteiger partial charge is 0.385 e. The summed E-state index contributed by atoms with van der Waals surface area (Å²) in [7, 11) is 0. The zero-order chi connectivity index (χ0) is 6.69. The lowest BCUT2D eigenvalue weighted by atomic mass is 10.4. The summed E-state index contributed by atoms with van der Waals surface area (Å²) in [4.78, 5) is 0. The Morgan fingerprint density at radius 2 is 2.00 bits per heavy atom. The average molecular weight is 161 g/mol. The lowest BCUT2D eigenvalue weighted by Crippen LogP contribution is -2.07. The van der Waals surface area contributed by atoms with Gasteiger partial charge in [0.15, 0.2) is 0 Å². The van der Waals surface area contributed by atoms with E-state index in [4.69, 9.17) is 18.0 Å². The quantitative estimate of drug-likeness (QED) is 0.595. The normalized spacial score (nSPS) is 20.4. The first-order chi connectivity index (χ1) is 4.29. The third kappa shape index (κ3) is 2.54. The molecule has 1 saturated carbocycles. The van der Waals surface area contributed by atoms with Gasteiger partial charge in [-0.05, 0) is 12.8 Å². The first-order valence-corrected chi connectivity index (χ1v) is 4.54. The number of hydrogen-bond acceptors (Lipinski definition) is 2. The van der Waals surface area contributed by atoms with Crippen molar-refractivity contribution in [2.45, 2.75) is 30.9 Å². The van der Waals surface area contributed by atoms with E-state index in [2.05, 4.69) is 0 Å². The van der Waals surface area contributed by atoms with Gasteiger partial charge in [-0.25, -0.2) is 0 Å². The van der Waals surface area contributed by atoms with Crippen molar-refractivity contribution >= 4 is 28.3 Å². The second-order valence-corrected chi connectivity index (χ2v) is 4.38. The van der Waals surface area contributed by atoms with Crippen molar-refractivity contribution in [1.82, 2.24) is 0 Å². The smallest absolute Gasteiger partial charge is 0.131 e. The van der Waals surface area contributed by atoms with Crippen LogP contribution in [0.2, 0.25) is 0 Å². The second kappa shape index (κ2) is 3.42. The molecule has 1 nitrogen and oxygen atoms in total. The molecule has 1 rings (SSSR count). The van der Waals surface area contributed by atoms with Crippen LogP contribution < -0.4 is 5.73 Å². The first-order valence-electron chi connectivity index (χ1n) is 3.25. The topological polar surface area (TPSA) is 26.0 Å². The fraction of sp³-hybridized carbons (Fsp3) is 0.833. The van der Waals surface area contributed by atoms with Crippen LogP contribution in [0.25, 0.3) is 0 Å². The monoisotopic (exact) mass is 161 g/mol. The van der Waals surface area contributed by atoms with Crippen LogP contribution in [0.1, 0.15) is 25.7 Å². The number of nitrogens with two attached hydrogens (primary N) is 1. The van der Waals surface area contributed by atoms with Crippen molar-refractivity contribution in [3.63, 3.8) is 0 Å². The third-order valence-corrected chi connectivity index (χ3v) is 2.91. The molecule has 0 aromatic carbocycles. The van der Waals surface area contributed by atoms with Gasteiger partial charge >= 0.3 is 0 Å². The molecule has 9 heavy (non-hydrogen) atoms. The summed E-state index contributed by atoms with van der Waals surface area (Å²) < 4.78 is 0.613. The van der Waals surface area contributed by atoms with E-state index in [0.29, 0.717) is 4.32 Å². The molecule has 52 valence electrons. The summed E-state index contributed by atoms with van der Waals surface area (Å²) in [5.41, 5.74) is 5.37. The molecule has 3 heteroatoms. The van der Waals surface area contributed by atoms with E-state index in [0.717, 1.165) is 5.25 Å². The van der Waals surface area contributed by atoms with Crippen molar-refractivity contribution in [2.24, 2.45) is 5.73 Å². The van der Waals surface area contributed by atoms with Gasteiger partial charge in [0, 0.05) is 5.25 Å². The van der Waals surface area contributed by atoms with E-state index in [1.807, 2.05) is 0 Å². The molecule has 2 N–H and O–H groups in total. The predicted molar refractivity (Wildman–Crippen MR) is 46.6 cm³/mol. The zero-order valence-electron chi connectivity index (χ0n) is 5.30. The molecule has 0 saturated heterocycles. The van der Waals surface area contributed by atoms with Crippen LogP contribution in [0.4, 0.5) is 0 Å². The van der Waals surface area contributed by atoms with Gasteiger partial charge < -0.3 is 5.73 Å². The summed E-state index contributed by atoms with van der Waals surface area (Å²) >= 11 is 6.44. The van der Waals surface area contributed by atoms with Crippen LogP contribution >= 0.6 is 24.0 Å². The van der Waals surface area contributed by atoms with Gasteiger partial charge in [-0.1, -0.05) is 36.8 Å². The molecule has 0 aliphatic heterocycles. The van der Waals surface area contributed by atoms with Gasteiger partial charge in [0.25, 0.3) is 0 Å². The van der Waals surface area contributed by atoms with Gasteiger partial charge in [-0.2, -0.15) is 0 Å². The molecule has 0 radical (unpaired) electrons. The molecule has 0 atom stereocenters. The highest BCUT2D eigenvalue weighted by Gasteiger charge is 2.15. The maximum atomic E-state index is 5.37. The maximum Gasteiger partial charge on any atom is 0.131 e. The van der Waals surface area contributed by atoms with Crippen molar-refractivity contribution in [1.29, 1.82) is 0 Å². The molecule has 1 fully saturated rings. The minimum absolute atomic E-state index is 0.613. The highest BCUT2D eigenvalue weighted by atomic mass is 32.2. The minimum atomic E-state index is 0.613. The number of thiocarbonyl (C=S) groups is 1. The highest BCUT2D eigenvalue weighted by Crippen LogP contribution is 2.28. The Labute approximate surface area is 65.4 Å². The number of thioether (sulfide) groups is 1. The van der Waals surface area contributed by atoms with Gasteiger partial charge in [-0.3, -0.25) is 0 Å². The van der Waals surface area contributed by atoms with Crippen LogP contribution in [0.15, 0.2) is 0 Å². The molecule has 0 amide bonds. The van der Waals surface area contributed by atoms with Gasteiger partial charge in [0.05, 0.1) is 0 Å². The average Bonchev–Trinajstić information content (AvgIpc) is 2.15. The standard InChI is InChI=1S/C6H11NS2/c7-6(8)9-5-3-1-2-4-5/h5H,1-4H2,(H2,7,8). The first kappa shape index (κ1) is 7.35. The lowest BCUT2D eigenvalue weighted by molar-refractivity contribution is 0.886. The van der Waals surface area contributed by atoms with Crippen molar-refractivity contribution in [3.05, 3.63) is 0 Å². The van der Waals surface area contributed by atoms with Crippen LogP contribution in [-0.2, 0) is 0 Å². The zero-order valence-corrected chi connectivity index (χ0v) is 6.93.